The molecule has 0 amide bonds. The van der Waals surface area contributed by atoms with Gasteiger partial charge in [0.25, 0.3) is 0 Å². The summed E-state index contributed by atoms with van der Waals surface area (Å²) in [7, 11) is 0. The van der Waals surface area contributed by atoms with Crippen LogP contribution in [0.15, 0.2) is 94.3 Å². The van der Waals surface area contributed by atoms with Crippen LogP contribution < -0.4 is 6.54 Å². The van der Waals surface area contributed by atoms with Crippen LogP contribution in [0.2, 0.25) is 0 Å². The Morgan fingerprint density at radius 2 is 1.46 bits per heavy atom. The van der Waals surface area contributed by atoms with E-state index in [9.17, 15) is 3.29 Å². The van der Waals surface area contributed by atoms with Gasteiger partial charge in [-0.05, 0) is 0 Å². The summed E-state index contributed by atoms with van der Waals surface area (Å²) in [5.74, 6) is 0. The minimum atomic E-state index is -3.67. The Bertz CT molecular complexity index is 1120. The summed E-state index contributed by atoms with van der Waals surface area (Å²) in [6, 6.07) is 26.0. The molecule has 1 nitrogen and oxygen atoms in total. The molecule has 0 aliphatic heterocycles. The number of rotatable bonds is 3. The molecular formula is C24H22Cl2NZr. The maximum atomic E-state index is 9.88. The van der Waals surface area contributed by atoms with Crippen molar-refractivity contribution >= 4 is 31.4 Å². The summed E-state index contributed by atoms with van der Waals surface area (Å²) in [5.41, 5.74) is 5.49. The van der Waals surface area contributed by atoms with E-state index in [1.165, 1.54) is 32.1 Å². The second kappa shape index (κ2) is 8.41. The molecule has 1 atom stereocenters. The Morgan fingerprint density at radius 3 is 2.21 bits per heavy atom. The van der Waals surface area contributed by atoms with Gasteiger partial charge in [-0.15, -0.1) is 24.8 Å². The molecule has 5 rings (SSSR count). The Kier molecular flexibility index (Phi) is 6.35. The van der Waals surface area contributed by atoms with Crippen molar-refractivity contribution in [1.29, 1.82) is 3.29 Å². The second-order valence-corrected chi connectivity index (χ2v) is 15.1. The van der Waals surface area contributed by atoms with Gasteiger partial charge < -0.3 is 0 Å². The van der Waals surface area contributed by atoms with E-state index >= 15 is 0 Å². The Balaban J connectivity index is 0.00000112. The number of hydrogen-bond donors (Lipinski definition) is 1. The van der Waals surface area contributed by atoms with Crippen molar-refractivity contribution in [3.63, 3.8) is 0 Å². The number of allylic oxidation sites excluding steroid dienone is 4. The predicted octanol–water partition coefficient (Wildman–Crippen LogP) is 5.81. The Labute approximate surface area is 183 Å². The van der Waals surface area contributed by atoms with Gasteiger partial charge in [-0.25, -0.2) is 0 Å². The van der Waals surface area contributed by atoms with Gasteiger partial charge in [-0.2, -0.15) is 0 Å². The van der Waals surface area contributed by atoms with Crippen LogP contribution in [0, 0.1) is 3.29 Å². The zero-order valence-corrected chi connectivity index (χ0v) is 19.5. The van der Waals surface area contributed by atoms with Gasteiger partial charge in [0.1, 0.15) is 0 Å². The van der Waals surface area contributed by atoms with Crippen LogP contribution in [0.3, 0.4) is 0 Å². The zero-order valence-electron chi connectivity index (χ0n) is 15.4. The van der Waals surface area contributed by atoms with Crippen LogP contribution in [0.1, 0.15) is 17.5 Å². The third kappa shape index (κ3) is 3.22. The molecule has 4 heteroatoms. The van der Waals surface area contributed by atoms with E-state index < -0.39 is 20.1 Å². The molecular weight excluding hydrogens is 464 g/mol. The van der Waals surface area contributed by atoms with E-state index in [0.29, 0.717) is 0 Å². The summed E-state index contributed by atoms with van der Waals surface area (Å²) in [4.78, 5) is 0. The zero-order chi connectivity index (χ0) is 17.6. The first kappa shape index (κ1) is 21.1. The van der Waals surface area contributed by atoms with Crippen LogP contribution in [-0.4, -0.2) is 0 Å². The number of hydrogen-bond acceptors (Lipinski definition) is 1. The maximum absolute atomic E-state index is 9.88. The number of halogens is 2. The fraction of sp³-hybridized carbons (Fsp3) is 0.0833. The summed E-state index contributed by atoms with van der Waals surface area (Å²) in [5, 5.41) is 0. The normalized spacial score (nSPS) is 15.5. The Morgan fingerprint density at radius 1 is 0.750 bits per heavy atom. The van der Waals surface area contributed by atoms with Crippen LogP contribution >= 0.6 is 24.8 Å². The molecule has 0 aromatic heterocycles. The number of fused-ring (bicyclic) bond motifs is 3. The van der Waals surface area contributed by atoms with Gasteiger partial charge in [0, 0.05) is 0 Å². The average Bonchev–Trinajstić information content (AvgIpc) is 3.36. The van der Waals surface area contributed by atoms with Gasteiger partial charge >= 0.3 is 159 Å². The molecule has 0 saturated carbocycles. The minimum absolute atomic E-state index is 0. The molecule has 0 fully saturated rings. The van der Waals surface area contributed by atoms with Crippen molar-refractivity contribution < 1.29 is 20.1 Å². The number of benzene rings is 3. The van der Waals surface area contributed by atoms with E-state index in [2.05, 4.69) is 91.0 Å². The molecule has 2 aliphatic carbocycles. The molecule has 3 aromatic carbocycles. The van der Waals surface area contributed by atoms with Crippen molar-refractivity contribution in [2.24, 2.45) is 0 Å². The molecule has 0 heterocycles. The molecule has 0 saturated heterocycles. The van der Waals surface area contributed by atoms with Gasteiger partial charge in [-0.1, -0.05) is 0 Å². The quantitative estimate of drug-likeness (QED) is 0.378. The van der Waals surface area contributed by atoms with E-state index in [-0.39, 0.29) is 24.8 Å². The molecule has 141 valence electrons. The SMILES string of the molecule is Cl.Cl.[NH]=[Zr]([C]1=CC=CC1)([c]1ccccc1)[c]1cccc2c1Cc1ccccc1-2. The molecule has 1 N–H and O–H groups in total. The van der Waals surface area contributed by atoms with Crippen molar-refractivity contribution in [2.75, 3.05) is 0 Å². The van der Waals surface area contributed by atoms with Gasteiger partial charge in [0.15, 0.2) is 0 Å². The second-order valence-electron chi connectivity index (χ2n) is 7.11. The first-order valence-corrected chi connectivity index (χ1v) is 14.1. The fourth-order valence-electron chi connectivity index (χ4n) is 4.44. The van der Waals surface area contributed by atoms with Gasteiger partial charge in [-0.3, -0.25) is 0 Å². The standard InChI is InChI=1S/C13H9.C6H5.C5H5.2ClH.HN.Zr/c1-3-7-12-10(5-1)9-11-6-2-4-8-13(11)12;1-2-4-6-5-3-1;1-2-4-5-3-1;;;;/h1-5,7-8H,9H2;1-5H;1-3H,4H2;3*1H;. The third-order valence-electron chi connectivity index (χ3n) is 5.71. The van der Waals surface area contributed by atoms with Crippen LogP contribution in [0.4, 0.5) is 0 Å². The van der Waals surface area contributed by atoms with Crippen LogP contribution in [0.5, 0.6) is 0 Å². The van der Waals surface area contributed by atoms with Crippen molar-refractivity contribution in [2.45, 2.75) is 12.8 Å². The first-order chi connectivity index (χ1) is 12.8. The summed E-state index contributed by atoms with van der Waals surface area (Å²) in [6.45, 7) is 0. The number of nitrogens with one attached hydrogen (secondary N) is 1. The monoisotopic (exact) mass is 484 g/mol. The molecule has 0 spiro atoms. The summed E-state index contributed by atoms with van der Waals surface area (Å²) < 4.78 is 13.8. The predicted molar refractivity (Wildman–Crippen MR) is 119 cm³/mol. The van der Waals surface area contributed by atoms with E-state index in [1.54, 1.807) is 0 Å². The molecule has 0 bridgehead atoms. The summed E-state index contributed by atoms with van der Waals surface area (Å²) >= 11 is -3.67. The van der Waals surface area contributed by atoms with Gasteiger partial charge in [0.2, 0.25) is 0 Å². The van der Waals surface area contributed by atoms with E-state index in [1.807, 2.05) is 0 Å². The molecule has 3 aromatic rings. The molecule has 0 radical (unpaired) electrons. The van der Waals surface area contributed by atoms with Crippen molar-refractivity contribution in [1.82, 2.24) is 0 Å². The molecule has 1 unspecified atom stereocenters. The summed E-state index contributed by atoms with van der Waals surface area (Å²) in [6.07, 6.45) is 8.46. The van der Waals surface area contributed by atoms with Crippen LogP contribution in [-0.2, 0) is 26.5 Å². The third-order valence-corrected chi connectivity index (χ3v) is 15.1. The average molecular weight is 487 g/mol. The van der Waals surface area contributed by atoms with Gasteiger partial charge in [0.05, 0.1) is 0 Å². The van der Waals surface area contributed by atoms with E-state index in [0.717, 1.165) is 12.8 Å². The first-order valence-electron chi connectivity index (χ1n) is 9.16. The Hall–Kier alpha value is -1.60. The van der Waals surface area contributed by atoms with E-state index in [4.69, 9.17) is 0 Å². The van der Waals surface area contributed by atoms with Crippen molar-refractivity contribution in [3.05, 3.63) is 105 Å². The molecule has 2 aliphatic rings. The molecule has 28 heavy (non-hydrogen) atoms. The topological polar surface area (TPSA) is 23.9 Å². The van der Waals surface area contributed by atoms with Crippen molar-refractivity contribution in [3.8, 4) is 11.1 Å². The fourth-order valence-corrected chi connectivity index (χ4v) is 13.1. The van der Waals surface area contributed by atoms with Crippen LogP contribution in [0.25, 0.3) is 11.1 Å².